The zero-order valence-corrected chi connectivity index (χ0v) is 18.9. The maximum Gasteiger partial charge on any atom is 0.251 e. The Labute approximate surface area is 185 Å². The van der Waals surface area contributed by atoms with Crippen LogP contribution in [0.5, 0.6) is 0 Å². The van der Waals surface area contributed by atoms with Gasteiger partial charge >= 0.3 is 0 Å². The van der Waals surface area contributed by atoms with Crippen molar-refractivity contribution in [3.8, 4) is 0 Å². The summed E-state index contributed by atoms with van der Waals surface area (Å²) in [6.07, 6.45) is 4.00. The maximum atomic E-state index is 13.2. The molecule has 2 aliphatic rings. The molecule has 0 aliphatic carbocycles. The molecule has 0 bridgehead atoms. The molecule has 4 rings (SSSR count). The van der Waals surface area contributed by atoms with E-state index in [9.17, 15) is 13.2 Å². The quantitative estimate of drug-likeness (QED) is 0.748. The number of benzene rings is 2. The first-order valence-corrected chi connectivity index (χ1v) is 12.5. The number of amides is 1. The van der Waals surface area contributed by atoms with Crippen LogP contribution >= 0.6 is 0 Å². The Kier molecular flexibility index (Phi) is 6.74. The molecule has 2 heterocycles. The van der Waals surface area contributed by atoms with E-state index in [1.165, 1.54) is 28.8 Å². The van der Waals surface area contributed by atoms with Crippen LogP contribution in [0.1, 0.15) is 40.7 Å². The molecule has 0 aromatic heterocycles. The minimum atomic E-state index is -3.65. The summed E-state index contributed by atoms with van der Waals surface area (Å²) in [4.78, 5) is 15.1. The highest BCUT2D eigenvalue weighted by Gasteiger charge is 2.28. The highest BCUT2D eigenvalue weighted by Crippen LogP contribution is 2.25. The van der Waals surface area contributed by atoms with E-state index in [0.29, 0.717) is 37.5 Å². The summed E-state index contributed by atoms with van der Waals surface area (Å²) < 4.78 is 27.9. The molecule has 2 aromatic rings. The minimum absolute atomic E-state index is 0.176. The third kappa shape index (κ3) is 5.17. The lowest BCUT2D eigenvalue weighted by Crippen LogP contribution is -2.36. The summed E-state index contributed by atoms with van der Waals surface area (Å²) in [5, 5.41) is 2.97. The van der Waals surface area contributed by atoms with Gasteiger partial charge in [0.15, 0.2) is 0 Å². The third-order valence-electron chi connectivity index (χ3n) is 6.51. The monoisotopic (exact) mass is 441 g/mol. The number of hydrogen-bond acceptors (Lipinski definition) is 4. The fraction of sp³-hybridized carbons (Fsp3) is 0.458. The van der Waals surface area contributed by atoms with Crippen molar-refractivity contribution in [1.82, 2.24) is 14.5 Å². The highest BCUT2D eigenvalue weighted by atomic mass is 32.2. The molecular formula is C24H31N3O3S. The molecular weight excluding hydrogens is 410 g/mol. The van der Waals surface area contributed by atoms with Crippen molar-refractivity contribution in [2.24, 2.45) is 5.92 Å². The number of nitrogens with zero attached hydrogens (tertiary/aromatic N) is 2. The van der Waals surface area contributed by atoms with Gasteiger partial charge < -0.3 is 10.2 Å². The molecule has 1 saturated heterocycles. The molecule has 166 valence electrons. The van der Waals surface area contributed by atoms with Crippen LogP contribution in [0, 0.1) is 5.92 Å². The van der Waals surface area contributed by atoms with Crippen LogP contribution < -0.4 is 5.32 Å². The Bertz CT molecular complexity index is 1030. The number of rotatable bonds is 6. The van der Waals surface area contributed by atoms with Gasteiger partial charge in [0.1, 0.15) is 0 Å². The van der Waals surface area contributed by atoms with E-state index in [1.54, 1.807) is 18.2 Å². The second-order valence-corrected chi connectivity index (χ2v) is 10.6. The summed E-state index contributed by atoms with van der Waals surface area (Å²) in [6, 6.07) is 14.3. The Morgan fingerprint density at radius 1 is 1.03 bits per heavy atom. The molecule has 31 heavy (non-hydrogen) atoms. The van der Waals surface area contributed by atoms with Crippen molar-refractivity contribution < 1.29 is 13.2 Å². The second-order valence-electron chi connectivity index (χ2n) is 8.68. The van der Waals surface area contributed by atoms with E-state index in [4.69, 9.17) is 0 Å². The molecule has 1 N–H and O–H groups in total. The third-order valence-corrected chi connectivity index (χ3v) is 8.35. The zero-order chi connectivity index (χ0) is 21.8. The normalized spacial score (nSPS) is 18.5. The van der Waals surface area contributed by atoms with Gasteiger partial charge in [0.05, 0.1) is 4.90 Å². The Balaban J connectivity index is 1.38. The predicted octanol–water partition coefficient (Wildman–Crippen LogP) is 2.90. The van der Waals surface area contributed by atoms with E-state index in [0.717, 1.165) is 25.1 Å². The van der Waals surface area contributed by atoms with Gasteiger partial charge in [-0.3, -0.25) is 4.79 Å². The fourth-order valence-corrected chi connectivity index (χ4v) is 5.93. The number of fused-ring (bicyclic) bond motifs is 1. The number of carbonyl (C=O) groups excluding carboxylic acids is 1. The summed E-state index contributed by atoms with van der Waals surface area (Å²) >= 11 is 0. The predicted molar refractivity (Wildman–Crippen MR) is 121 cm³/mol. The van der Waals surface area contributed by atoms with Crippen LogP contribution in [0.2, 0.25) is 0 Å². The zero-order valence-electron chi connectivity index (χ0n) is 18.1. The summed E-state index contributed by atoms with van der Waals surface area (Å²) in [5.74, 6) is 0.430. The van der Waals surface area contributed by atoms with Crippen LogP contribution in [0.4, 0.5) is 0 Å². The van der Waals surface area contributed by atoms with Crippen molar-refractivity contribution in [1.29, 1.82) is 0 Å². The largest absolute Gasteiger partial charge is 0.352 e. The molecule has 0 unspecified atom stereocenters. The highest BCUT2D eigenvalue weighted by molar-refractivity contribution is 7.89. The molecule has 1 fully saturated rings. The van der Waals surface area contributed by atoms with E-state index < -0.39 is 10.0 Å². The minimum Gasteiger partial charge on any atom is -0.352 e. The van der Waals surface area contributed by atoms with Crippen LogP contribution in [-0.2, 0) is 23.0 Å². The fourth-order valence-electron chi connectivity index (χ4n) is 4.46. The lowest BCUT2D eigenvalue weighted by molar-refractivity contribution is 0.0948. The van der Waals surface area contributed by atoms with Crippen LogP contribution in [0.3, 0.4) is 0 Å². The molecule has 0 atom stereocenters. The van der Waals surface area contributed by atoms with Gasteiger partial charge in [0, 0.05) is 25.2 Å². The van der Waals surface area contributed by atoms with E-state index in [1.807, 2.05) is 18.2 Å². The summed E-state index contributed by atoms with van der Waals surface area (Å²) in [6.45, 7) is 3.66. The molecule has 1 amide bonds. The van der Waals surface area contributed by atoms with Crippen molar-refractivity contribution in [3.05, 3.63) is 65.2 Å². The van der Waals surface area contributed by atoms with Gasteiger partial charge in [-0.1, -0.05) is 30.3 Å². The van der Waals surface area contributed by atoms with E-state index in [2.05, 4.69) is 23.3 Å². The first kappa shape index (κ1) is 22.0. The maximum absolute atomic E-state index is 13.2. The topological polar surface area (TPSA) is 69.7 Å². The van der Waals surface area contributed by atoms with Crippen molar-refractivity contribution in [2.45, 2.75) is 37.1 Å². The average molecular weight is 442 g/mol. The lowest BCUT2D eigenvalue weighted by Gasteiger charge is -2.29. The number of hydrogen-bond donors (Lipinski definition) is 1. The lowest BCUT2D eigenvalue weighted by atomic mass is 9.94. The van der Waals surface area contributed by atoms with Crippen molar-refractivity contribution in [2.75, 3.05) is 33.2 Å². The standard InChI is InChI=1S/C24H31N3O3S/c1-26-14-10-19(11-15-26)9-13-25-24(28)21-7-4-8-23(17-21)31(29,30)27-16-12-20-5-2-3-6-22(20)18-27/h2-8,17,19H,9-16,18H2,1H3,(H,25,28). The Hall–Kier alpha value is -2.22. The molecule has 0 radical (unpaired) electrons. The van der Waals surface area contributed by atoms with Crippen molar-refractivity contribution in [3.63, 3.8) is 0 Å². The smallest absolute Gasteiger partial charge is 0.251 e. The average Bonchev–Trinajstić information content (AvgIpc) is 2.80. The SMILES string of the molecule is CN1CCC(CCNC(=O)c2cccc(S(=O)(=O)N3CCc4ccccc4C3)c2)CC1. The number of sulfonamides is 1. The number of likely N-dealkylation sites (tertiary alicyclic amines) is 1. The van der Waals surface area contributed by atoms with Crippen molar-refractivity contribution >= 4 is 15.9 Å². The molecule has 2 aliphatic heterocycles. The summed E-state index contributed by atoms with van der Waals surface area (Å²) in [7, 11) is -1.51. The molecule has 0 saturated carbocycles. The van der Waals surface area contributed by atoms with Crippen LogP contribution in [0.15, 0.2) is 53.4 Å². The Morgan fingerprint density at radius 3 is 2.55 bits per heavy atom. The number of carbonyl (C=O) groups is 1. The molecule has 2 aromatic carbocycles. The summed E-state index contributed by atoms with van der Waals surface area (Å²) in [5.41, 5.74) is 2.63. The molecule has 7 heteroatoms. The van der Waals surface area contributed by atoms with Gasteiger partial charge in [0.2, 0.25) is 10.0 Å². The van der Waals surface area contributed by atoms with E-state index in [-0.39, 0.29) is 10.8 Å². The van der Waals surface area contributed by atoms with E-state index >= 15 is 0 Å². The first-order valence-electron chi connectivity index (χ1n) is 11.1. The van der Waals surface area contributed by atoms with Gasteiger partial charge in [-0.25, -0.2) is 8.42 Å². The van der Waals surface area contributed by atoms with Gasteiger partial charge in [-0.05, 0) is 81.1 Å². The molecule has 6 nitrogen and oxygen atoms in total. The Morgan fingerprint density at radius 2 is 1.77 bits per heavy atom. The van der Waals surface area contributed by atoms with Gasteiger partial charge in [0.25, 0.3) is 5.91 Å². The van der Waals surface area contributed by atoms with Gasteiger partial charge in [-0.15, -0.1) is 0 Å². The molecule has 0 spiro atoms. The number of nitrogens with one attached hydrogen (secondary N) is 1. The van der Waals surface area contributed by atoms with Gasteiger partial charge in [-0.2, -0.15) is 4.31 Å². The van der Waals surface area contributed by atoms with Crippen LogP contribution in [-0.4, -0.2) is 56.8 Å². The number of piperidine rings is 1. The first-order chi connectivity index (χ1) is 14.9. The van der Waals surface area contributed by atoms with Crippen LogP contribution in [0.25, 0.3) is 0 Å². The second kappa shape index (κ2) is 9.51.